The molecule has 2 aromatic carbocycles. The monoisotopic (exact) mass is 422 g/mol. The van der Waals surface area contributed by atoms with E-state index in [0.29, 0.717) is 28.5 Å². The minimum Gasteiger partial charge on any atom is -0.497 e. The van der Waals surface area contributed by atoms with E-state index >= 15 is 0 Å². The summed E-state index contributed by atoms with van der Waals surface area (Å²) in [6.45, 7) is 0. The Morgan fingerprint density at radius 3 is 2.56 bits per heavy atom. The lowest BCUT2D eigenvalue weighted by Gasteiger charge is -2.08. The summed E-state index contributed by atoms with van der Waals surface area (Å²) in [4.78, 5) is 16.8. The van der Waals surface area contributed by atoms with E-state index < -0.39 is 0 Å². The fraction of sp³-hybridized carbons (Fsp3) is 0.0417. The van der Waals surface area contributed by atoms with E-state index in [1.54, 1.807) is 48.3 Å². The van der Waals surface area contributed by atoms with Gasteiger partial charge in [0, 0.05) is 34.8 Å². The van der Waals surface area contributed by atoms with Gasteiger partial charge in [-0.2, -0.15) is 9.61 Å². The van der Waals surface area contributed by atoms with Gasteiger partial charge in [0.05, 0.1) is 12.8 Å². The zero-order chi connectivity index (χ0) is 21.9. The number of methoxy groups -OCH3 is 1. The van der Waals surface area contributed by atoms with Crippen molar-refractivity contribution in [3.8, 4) is 28.4 Å². The smallest absolute Gasteiger partial charge is 0.255 e. The number of hydrogen-bond acceptors (Lipinski definition) is 6. The molecule has 5 aromatic rings. The number of hydrogen-bond donors (Lipinski definition) is 1. The number of amides is 1. The maximum absolute atomic E-state index is 12.6. The molecule has 156 valence electrons. The molecule has 0 aliphatic rings. The van der Waals surface area contributed by atoms with Crippen molar-refractivity contribution in [2.75, 3.05) is 12.4 Å². The number of rotatable bonds is 5. The lowest BCUT2D eigenvalue weighted by molar-refractivity contribution is 0.102. The highest BCUT2D eigenvalue weighted by Crippen LogP contribution is 2.23. The van der Waals surface area contributed by atoms with Gasteiger partial charge in [-0.15, -0.1) is 10.2 Å². The molecule has 0 radical (unpaired) electrons. The van der Waals surface area contributed by atoms with Crippen molar-refractivity contribution in [1.82, 2.24) is 24.8 Å². The first kappa shape index (κ1) is 19.4. The molecule has 0 spiro atoms. The Labute approximate surface area is 183 Å². The molecule has 8 heteroatoms. The third-order valence-electron chi connectivity index (χ3n) is 4.95. The molecule has 0 saturated carbocycles. The van der Waals surface area contributed by atoms with Gasteiger partial charge in [0.15, 0.2) is 11.5 Å². The Hall–Kier alpha value is -4.59. The molecule has 0 atom stereocenters. The highest BCUT2D eigenvalue weighted by molar-refractivity contribution is 6.04. The summed E-state index contributed by atoms with van der Waals surface area (Å²) in [5, 5.41) is 16.1. The van der Waals surface area contributed by atoms with Gasteiger partial charge in [-0.25, -0.2) is 0 Å². The van der Waals surface area contributed by atoms with Gasteiger partial charge < -0.3 is 10.1 Å². The zero-order valence-electron chi connectivity index (χ0n) is 17.1. The lowest BCUT2D eigenvalue weighted by atomic mass is 10.1. The molecule has 1 N–H and O–H groups in total. The molecular weight excluding hydrogens is 404 g/mol. The van der Waals surface area contributed by atoms with Crippen LogP contribution >= 0.6 is 0 Å². The van der Waals surface area contributed by atoms with E-state index in [1.807, 2.05) is 48.5 Å². The SMILES string of the molecule is COc1ccc(C(=O)Nc2cccc(-c3ccc4nnc(-c5cccnc5)n4n3)c2)cc1. The van der Waals surface area contributed by atoms with Crippen LogP contribution in [0.5, 0.6) is 5.75 Å². The van der Waals surface area contributed by atoms with E-state index in [4.69, 9.17) is 9.84 Å². The van der Waals surface area contributed by atoms with Crippen molar-refractivity contribution < 1.29 is 9.53 Å². The highest BCUT2D eigenvalue weighted by atomic mass is 16.5. The van der Waals surface area contributed by atoms with Crippen LogP contribution in [-0.4, -0.2) is 37.8 Å². The summed E-state index contributed by atoms with van der Waals surface area (Å²) in [6.07, 6.45) is 3.43. The first-order chi connectivity index (χ1) is 15.7. The summed E-state index contributed by atoms with van der Waals surface area (Å²) >= 11 is 0. The summed E-state index contributed by atoms with van der Waals surface area (Å²) in [5.41, 5.74) is 4.25. The van der Waals surface area contributed by atoms with Gasteiger partial charge in [-0.05, 0) is 60.7 Å². The average Bonchev–Trinajstić information content (AvgIpc) is 3.28. The zero-order valence-corrected chi connectivity index (χ0v) is 17.1. The standard InChI is InChI=1S/C24H18N6O2/c1-32-20-9-7-16(8-10-20)24(31)26-19-6-2-4-17(14-19)21-11-12-22-27-28-23(30(22)29-21)18-5-3-13-25-15-18/h2-15H,1H3,(H,26,31). The Bertz CT molecular complexity index is 1400. The number of nitrogens with one attached hydrogen (secondary N) is 1. The molecule has 8 nitrogen and oxygen atoms in total. The summed E-state index contributed by atoms with van der Waals surface area (Å²) in [7, 11) is 1.59. The molecule has 0 unspecified atom stereocenters. The van der Waals surface area contributed by atoms with Crippen LogP contribution in [0.1, 0.15) is 10.4 Å². The molecule has 3 aromatic heterocycles. The van der Waals surface area contributed by atoms with Crippen molar-refractivity contribution in [2.24, 2.45) is 0 Å². The first-order valence-electron chi connectivity index (χ1n) is 9.90. The molecule has 0 bridgehead atoms. The highest BCUT2D eigenvalue weighted by Gasteiger charge is 2.12. The molecule has 3 heterocycles. The molecule has 0 aliphatic carbocycles. The topological polar surface area (TPSA) is 94.3 Å². The second-order valence-corrected chi connectivity index (χ2v) is 7.02. The van der Waals surface area contributed by atoms with Crippen LogP contribution in [0.15, 0.2) is 85.2 Å². The Balaban J connectivity index is 1.44. The molecule has 0 saturated heterocycles. The number of pyridine rings is 1. The van der Waals surface area contributed by atoms with Gasteiger partial charge >= 0.3 is 0 Å². The number of nitrogens with zero attached hydrogens (tertiary/aromatic N) is 5. The Kier molecular flexibility index (Phi) is 5.01. The van der Waals surface area contributed by atoms with Gasteiger partial charge in [0.2, 0.25) is 0 Å². The van der Waals surface area contributed by atoms with Crippen LogP contribution in [-0.2, 0) is 0 Å². The fourth-order valence-corrected chi connectivity index (χ4v) is 3.32. The van der Waals surface area contributed by atoms with Crippen molar-refractivity contribution in [3.63, 3.8) is 0 Å². The van der Waals surface area contributed by atoms with Gasteiger partial charge in [0.25, 0.3) is 5.91 Å². The third kappa shape index (κ3) is 3.77. The van der Waals surface area contributed by atoms with Crippen LogP contribution in [0.4, 0.5) is 5.69 Å². The van der Waals surface area contributed by atoms with Crippen LogP contribution in [0.2, 0.25) is 0 Å². The molecule has 32 heavy (non-hydrogen) atoms. The Morgan fingerprint density at radius 1 is 0.938 bits per heavy atom. The first-order valence-corrected chi connectivity index (χ1v) is 9.90. The normalized spacial score (nSPS) is 10.8. The van der Waals surface area contributed by atoms with Crippen LogP contribution in [0.25, 0.3) is 28.3 Å². The van der Waals surface area contributed by atoms with Crippen molar-refractivity contribution in [3.05, 3.63) is 90.8 Å². The molecule has 1 amide bonds. The number of anilines is 1. The molecular formula is C24H18N6O2. The predicted octanol–water partition coefficient (Wildman–Crippen LogP) is 4.11. The summed E-state index contributed by atoms with van der Waals surface area (Å²) in [5.74, 6) is 1.11. The minimum atomic E-state index is -0.203. The van der Waals surface area contributed by atoms with E-state index in [9.17, 15) is 4.79 Å². The second kappa shape index (κ2) is 8.27. The Morgan fingerprint density at radius 2 is 1.78 bits per heavy atom. The maximum atomic E-state index is 12.6. The van der Waals surface area contributed by atoms with E-state index in [0.717, 1.165) is 16.8 Å². The fourth-order valence-electron chi connectivity index (χ4n) is 3.32. The number of fused-ring (bicyclic) bond motifs is 1. The molecule has 5 rings (SSSR count). The van der Waals surface area contributed by atoms with E-state index in [2.05, 4.69) is 20.5 Å². The van der Waals surface area contributed by atoms with Crippen LogP contribution < -0.4 is 10.1 Å². The van der Waals surface area contributed by atoms with E-state index in [1.165, 1.54) is 0 Å². The lowest BCUT2D eigenvalue weighted by Crippen LogP contribution is -2.11. The molecule has 0 aliphatic heterocycles. The van der Waals surface area contributed by atoms with E-state index in [-0.39, 0.29) is 5.91 Å². The number of benzene rings is 2. The number of ether oxygens (including phenoxy) is 1. The predicted molar refractivity (Wildman–Crippen MR) is 120 cm³/mol. The van der Waals surface area contributed by atoms with Crippen molar-refractivity contribution >= 4 is 17.2 Å². The van der Waals surface area contributed by atoms with Gasteiger partial charge in [0.1, 0.15) is 5.75 Å². The summed E-state index contributed by atoms with van der Waals surface area (Å²) in [6, 6.07) is 22.0. The number of carbonyl (C=O) groups excluding carboxylic acids is 1. The van der Waals surface area contributed by atoms with Crippen molar-refractivity contribution in [1.29, 1.82) is 0 Å². The summed E-state index contributed by atoms with van der Waals surface area (Å²) < 4.78 is 6.83. The van der Waals surface area contributed by atoms with Gasteiger partial charge in [-0.3, -0.25) is 9.78 Å². The third-order valence-corrected chi connectivity index (χ3v) is 4.95. The molecule has 0 fully saturated rings. The number of aromatic nitrogens is 5. The average molecular weight is 422 g/mol. The van der Waals surface area contributed by atoms with Crippen LogP contribution in [0.3, 0.4) is 0 Å². The number of carbonyl (C=O) groups is 1. The minimum absolute atomic E-state index is 0.203. The quantitative estimate of drug-likeness (QED) is 0.458. The largest absolute Gasteiger partial charge is 0.497 e. The second-order valence-electron chi connectivity index (χ2n) is 7.02. The maximum Gasteiger partial charge on any atom is 0.255 e. The van der Waals surface area contributed by atoms with Crippen molar-refractivity contribution in [2.45, 2.75) is 0 Å². The van der Waals surface area contributed by atoms with Gasteiger partial charge in [-0.1, -0.05) is 12.1 Å². The van der Waals surface area contributed by atoms with Crippen LogP contribution in [0, 0.1) is 0 Å².